The van der Waals surface area contributed by atoms with Crippen LogP contribution < -0.4 is 5.32 Å². The average Bonchev–Trinajstić information content (AvgIpc) is 3.49. The third-order valence-electron chi connectivity index (χ3n) is 5.05. The van der Waals surface area contributed by atoms with Crippen molar-refractivity contribution in [2.24, 2.45) is 5.92 Å². The van der Waals surface area contributed by atoms with E-state index in [0.717, 1.165) is 12.2 Å². The maximum atomic E-state index is 12.3. The van der Waals surface area contributed by atoms with E-state index in [2.05, 4.69) is 10.3 Å². The Morgan fingerprint density at radius 3 is 2.77 bits per heavy atom. The zero-order chi connectivity index (χ0) is 20.9. The number of fused-ring (bicyclic) bond motifs is 1. The molecular weight excluding hydrogens is 382 g/mol. The van der Waals surface area contributed by atoms with Crippen molar-refractivity contribution in [3.05, 3.63) is 60.0 Å². The number of anilines is 1. The van der Waals surface area contributed by atoms with Gasteiger partial charge in [0.15, 0.2) is 11.5 Å². The summed E-state index contributed by atoms with van der Waals surface area (Å²) in [7, 11) is 1.60. The van der Waals surface area contributed by atoms with E-state index in [-0.39, 0.29) is 0 Å². The van der Waals surface area contributed by atoms with Crippen LogP contribution in [0.3, 0.4) is 0 Å². The number of likely N-dealkylation sites (N-methyl/N-ethyl adjacent to an activating group) is 1. The maximum absolute atomic E-state index is 12.3. The number of aromatic nitrogens is 1. The molecule has 1 fully saturated rings. The summed E-state index contributed by atoms with van der Waals surface area (Å²) in [6.07, 6.45) is 3.03. The van der Waals surface area contributed by atoms with Gasteiger partial charge in [0.1, 0.15) is 5.52 Å². The lowest BCUT2D eigenvalue weighted by molar-refractivity contribution is -0.142. The molecule has 30 heavy (non-hydrogen) atoms. The lowest BCUT2D eigenvalue weighted by Gasteiger charge is -2.16. The van der Waals surface area contributed by atoms with Gasteiger partial charge in [0.25, 0.3) is 0 Å². The van der Waals surface area contributed by atoms with Crippen LogP contribution in [0.4, 0.5) is 5.69 Å². The van der Waals surface area contributed by atoms with E-state index in [1.807, 2.05) is 30.3 Å². The minimum atomic E-state index is -0.692. The smallest absolute Gasteiger partial charge is 0.313 e. The first-order valence-electron chi connectivity index (χ1n) is 10.2. The molecule has 0 aliphatic heterocycles. The highest BCUT2D eigenvalue weighted by atomic mass is 16.5. The predicted molar refractivity (Wildman–Crippen MR) is 113 cm³/mol. The number of carbonyl (C=O) groups excluding carboxylic acids is 2. The van der Waals surface area contributed by atoms with Crippen molar-refractivity contribution in [3.63, 3.8) is 0 Å². The Morgan fingerprint density at radius 1 is 1.20 bits per heavy atom. The number of amides is 2. The van der Waals surface area contributed by atoms with Crippen molar-refractivity contribution in [1.82, 2.24) is 9.88 Å². The minimum Gasteiger partial charge on any atom is -0.440 e. The van der Waals surface area contributed by atoms with Crippen LogP contribution in [0.1, 0.15) is 24.3 Å². The zero-order valence-corrected chi connectivity index (χ0v) is 17.0. The lowest BCUT2D eigenvalue weighted by Crippen LogP contribution is -2.38. The molecule has 0 unspecified atom stereocenters. The Bertz CT molecular complexity index is 1030. The first-order chi connectivity index (χ1) is 14.6. The van der Waals surface area contributed by atoms with E-state index >= 15 is 0 Å². The molecule has 0 spiro atoms. The fourth-order valence-electron chi connectivity index (χ4n) is 3.09. The molecule has 1 aromatic heterocycles. The average molecular weight is 407 g/mol. The van der Waals surface area contributed by atoms with Gasteiger partial charge in [-0.25, -0.2) is 4.98 Å². The second-order valence-corrected chi connectivity index (χ2v) is 7.65. The molecule has 3 aromatic rings. The van der Waals surface area contributed by atoms with Gasteiger partial charge in [0.2, 0.25) is 0 Å². The molecule has 2 aromatic carbocycles. The normalized spacial score (nSPS) is 13.4. The van der Waals surface area contributed by atoms with Crippen molar-refractivity contribution < 1.29 is 18.7 Å². The number of oxazole rings is 1. The molecule has 2 amide bonds. The molecule has 7 heteroatoms. The van der Waals surface area contributed by atoms with Gasteiger partial charge < -0.3 is 19.4 Å². The highest BCUT2D eigenvalue weighted by Gasteiger charge is 2.22. The number of nitrogens with zero attached hydrogens (tertiary/aromatic N) is 2. The number of ether oxygens (including phenoxy) is 1. The minimum absolute atomic E-state index is 0.378. The van der Waals surface area contributed by atoms with Gasteiger partial charge in [0, 0.05) is 38.4 Å². The van der Waals surface area contributed by atoms with Crippen LogP contribution in [-0.4, -0.2) is 48.5 Å². The van der Waals surface area contributed by atoms with E-state index in [9.17, 15) is 9.59 Å². The number of carbonyl (C=O) groups is 2. The van der Waals surface area contributed by atoms with Gasteiger partial charge in [-0.2, -0.15) is 0 Å². The van der Waals surface area contributed by atoms with Crippen LogP contribution in [0.5, 0.6) is 0 Å². The Hall–Kier alpha value is -3.19. The van der Waals surface area contributed by atoms with Crippen molar-refractivity contribution >= 4 is 28.6 Å². The highest BCUT2D eigenvalue weighted by Crippen LogP contribution is 2.28. The van der Waals surface area contributed by atoms with Crippen molar-refractivity contribution in [3.8, 4) is 0 Å². The lowest BCUT2D eigenvalue weighted by atomic mass is 10.1. The summed E-state index contributed by atoms with van der Waals surface area (Å²) in [5.41, 5.74) is 2.86. The Kier molecular flexibility index (Phi) is 6.09. The summed E-state index contributed by atoms with van der Waals surface area (Å²) < 4.78 is 11.3. The van der Waals surface area contributed by atoms with Crippen molar-refractivity contribution in [2.45, 2.75) is 19.3 Å². The van der Waals surface area contributed by atoms with Crippen LogP contribution in [-0.2, 0) is 20.7 Å². The monoisotopic (exact) mass is 407 g/mol. The summed E-state index contributed by atoms with van der Waals surface area (Å²) in [6.45, 7) is 1.54. The largest absolute Gasteiger partial charge is 0.440 e. The molecule has 0 radical (unpaired) electrons. The van der Waals surface area contributed by atoms with Crippen molar-refractivity contribution in [1.29, 1.82) is 0 Å². The molecule has 7 nitrogen and oxygen atoms in total. The Morgan fingerprint density at radius 2 is 2.00 bits per heavy atom. The van der Waals surface area contributed by atoms with Gasteiger partial charge in [-0.1, -0.05) is 30.3 Å². The molecular formula is C23H25N3O4. The number of hydrogen-bond donors (Lipinski definition) is 1. The first kappa shape index (κ1) is 20.1. The standard InChI is InChI=1S/C23H25N3O4/c1-26(11-12-29-15-17-7-8-17)23(28)22(27)24-18-9-10-19-20(14-18)30-21(25-19)13-16-5-3-2-4-6-16/h2-6,9-10,14,17H,7-8,11-13,15H2,1H3,(H,24,27). The van der Waals surface area contributed by atoms with Crippen LogP contribution >= 0.6 is 0 Å². The molecule has 0 atom stereocenters. The van der Waals surface area contributed by atoms with E-state index in [1.165, 1.54) is 17.7 Å². The molecule has 1 aliphatic rings. The summed E-state index contributed by atoms with van der Waals surface area (Å²) in [5, 5.41) is 2.63. The van der Waals surface area contributed by atoms with Crippen LogP contribution in [0.2, 0.25) is 0 Å². The van der Waals surface area contributed by atoms with Crippen LogP contribution in [0.15, 0.2) is 52.9 Å². The predicted octanol–water partition coefficient (Wildman–Crippen LogP) is 3.24. The molecule has 0 bridgehead atoms. The molecule has 1 saturated carbocycles. The highest BCUT2D eigenvalue weighted by molar-refractivity contribution is 6.39. The Labute approximate surface area is 175 Å². The van der Waals surface area contributed by atoms with Gasteiger partial charge >= 0.3 is 11.8 Å². The molecule has 156 valence electrons. The van der Waals surface area contributed by atoms with Gasteiger partial charge in [-0.3, -0.25) is 9.59 Å². The summed E-state index contributed by atoms with van der Waals surface area (Å²) in [4.78, 5) is 30.4. The van der Waals surface area contributed by atoms with E-state index in [4.69, 9.17) is 9.15 Å². The van der Waals surface area contributed by atoms with Gasteiger partial charge in [-0.15, -0.1) is 0 Å². The molecule has 1 heterocycles. The van der Waals surface area contributed by atoms with E-state index < -0.39 is 11.8 Å². The molecule has 0 saturated heterocycles. The second-order valence-electron chi connectivity index (χ2n) is 7.65. The fraction of sp³-hybridized carbons (Fsp3) is 0.348. The Balaban J connectivity index is 1.33. The molecule has 4 rings (SSSR count). The zero-order valence-electron chi connectivity index (χ0n) is 17.0. The summed E-state index contributed by atoms with van der Waals surface area (Å²) in [6, 6.07) is 15.1. The molecule has 1 aliphatic carbocycles. The van der Waals surface area contributed by atoms with Crippen LogP contribution in [0.25, 0.3) is 11.1 Å². The van der Waals surface area contributed by atoms with Gasteiger partial charge in [-0.05, 0) is 36.5 Å². The summed E-state index contributed by atoms with van der Waals surface area (Å²) >= 11 is 0. The van der Waals surface area contributed by atoms with E-state index in [0.29, 0.717) is 48.2 Å². The quantitative estimate of drug-likeness (QED) is 0.458. The van der Waals surface area contributed by atoms with Crippen LogP contribution in [0, 0.1) is 5.92 Å². The maximum Gasteiger partial charge on any atom is 0.313 e. The van der Waals surface area contributed by atoms with E-state index in [1.54, 1.807) is 25.2 Å². The van der Waals surface area contributed by atoms with Gasteiger partial charge in [0.05, 0.1) is 6.61 Å². The van der Waals surface area contributed by atoms with Crippen molar-refractivity contribution in [2.75, 3.05) is 32.1 Å². The third kappa shape index (κ3) is 5.24. The SMILES string of the molecule is CN(CCOCC1CC1)C(=O)C(=O)Nc1ccc2nc(Cc3ccccc3)oc2c1. The third-order valence-corrected chi connectivity index (χ3v) is 5.05. The topological polar surface area (TPSA) is 84.7 Å². The molecule has 1 N–H and O–H groups in total. The number of hydrogen-bond acceptors (Lipinski definition) is 5. The number of nitrogens with one attached hydrogen (secondary N) is 1. The number of benzene rings is 2. The summed E-state index contributed by atoms with van der Waals surface area (Å²) in [5.74, 6) is -0.0225. The second kappa shape index (κ2) is 9.09. The number of rotatable bonds is 8. The fourth-order valence-corrected chi connectivity index (χ4v) is 3.09. The first-order valence-corrected chi connectivity index (χ1v) is 10.2.